The summed E-state index contributed by atoms with van der Waals surface area (Å²) in [5.74, 6) is -0.771. The number of ether oxygens (including phenoxy) is 1. The van der Waals surface area contributed by atoms with E-state index in [4.69, 9.17) is 0 Å². The maximum absolute atomic E-state index is 12.3. The number of aryl methyl sites for hydroxylation is 2. The minimum atomic E-state index is -4.44. The normalized spacial score (nSPS) is 13.1. The van der Waals surface area contributed by atoms with E-state index in [1.165, 1.54) is 12.1 Å². The Labute approximate surface area is 114 Å². The second-order valence-electron chi connectivity index (χ2n) is 4.46. The number of aromatic hydroxyl groups is 1. The monoisotopic (exact) mass is 291 g/mol. The molecule has 0 aliphatic rings. The van der Waals surface area contributed by atoms with E-state index in [0.717, 1.165) is 7.11 Å². The molecule has 0 heterocycles. The summed E-state index contributed by atoms with van der Waals surface area (Å²) in [7, 11) is 1.10. The third-order valence-corrected chi connectivity index (χ3v) is 2.79. The smallest absolute Gasteiger partial charge is 0.401 e. The summed E-state index contributed by atoms with van der Waals surface area (Å²) < 4.78 is 41.3. The van der Waals surface area contributed by atoms with Gasteiger partial charge in [-0.3, -0.25) is 5.32 Å². The largest absolute Gasteiger partial charge is 0.507 e. The predicted octanol–water partition coefficient (Wildman–Crippen LogP) is 2.38. The molecule has 0 bridgehead atoms. The van der Waals surface area contributed by atoms with Gasteiger partial charge in [0.05, 0.1) is 13.7 Å². The Bertz CT molecular complexity index is 477. The number of nitrogens with one attached hydrogen (secondary N) is 1. The molecule has 4 nitrogen and oxygen atoms in total. The highest BCUT2D eigenvalue weighted by molar-refractivity contribution is 5.78. The average molecular weight is 291 g/mol. The first-order valence-corrected chi connectivity index (χ1v) is 5.83. The van der Waals surface area contributed by atoms with Gasteiger partial charge in [0, 0.05) is 0 Å². The van der Waals surface area contributed by atoms with Crippen molar-refractivity contribution < 1.29 is 27.8 Å². The highest BCUT2D eigenvalue weighted by Crippen LogP contribution is 2.27. The van der Waals surface area contributed by atoms with Crippen molar-refractivity contribution in [3.8, 4) is 5.75 Å². The minimum Gasteiger partial charge on any atom is -0.507 e. The van der Waals surface area contributed by atoms with Gasteiger partial charge >= 0.3 is 12.1 Å². The SMILES string of the molecule is COC(=O)C(NCC(F)(F)F)c1cc(C)c(O)c(C)c1. The first-order valence-electron chi connectivity index (χ1n) is 5.83. The van der Waals surface area contributed by atoms with Gasteiger partial charge in [-0.2, -0.15) is 13.2 Å². The average Bonchev–Trinajstić information content (AvgIpc) is 2.34. The number of phenolic OH excluding ortho intramolecular Hbond substituents is 1. The van der Waals surface area contributed by atoms with Crippen LogP contribution < -0.4 is 5.32 Å². The Morgan fingerprint density at radius 3 is 2.25 bits per heavy atom. The van der Waals surface area contributed by atoms with Crippen LogP contribution in [0.5, 0.6) is 5.75 Å². The van der Waals surface area contributed by atoms with Crippen molar-refractivity contribution in [2.45, 2.75) is 26.1 Å². The molecule has 1 rings (SSSR count). The quantitative estimate of drug-likeness (QED) is 0.836. The molecule has 0 spiro atoms. The number of esters is 1. The summed E-state index contributed by atoms with van der Waals surface area (Å²) in [6.07, 6.45) is -4.44. The van der Waals surface area contributed by atoms with Crippen LogP contribution >= 0.6 is 0 Å². The Balaban J connectivity index is 3.08. The molecule has 0 aliphatic heterocycles. The number of alkyl halides is 3. The summed E-state index contributed by atoms with van der Waals surface area (Å²) in [5.41, 5.74) is 1.26. The lowest BCUT2D eigenvalue weighted by Crippen LogP contribution is -2.36. The fourth-order valence-corrected chi connectivity index (χ4v) is 1.83. The molecule has 0 aliphatic carbocycles. The number of hydrogen-bond acceptors (Lipinski definition) is 4. The summed E-state index contributed by atoms with van der Waals surface area (Å²) in [5, 5.41) is 11.8. The van der Waals surface area contributed by atoms with Crippen molar-refractivity contribution in [2.75, 3.05) is 13.7 Å². The molecule has 0 radical (unpaired) electrons. The molecule has 7 heteroatoms. The van der Waals surface area contributed by atoms with Crippen molar-refractivity contribution in [3.05, 3.63) is 28.8 Å². The van der Waals surface area contributed by atoms with Crippen LogP contribution in [-0.4, -0.2) is 30.9 Å². The van der Waals surface area contributed by atoms with Crippen molar-refractivity contribution in [3.63, 3.8) is 0 Å². The number of hydrogen-bond donors (Lipinski definition) is 2. The second kappa shape index (κ2) is 6.13. The first kappa shape index (κ1) is 16.3. The van der Waals surface area contributed by atoms with Crippen LogP contribution in [0.2, 0.25) is 0 Å². The molecule has 2 N–H and O–H groups in total. The Hall–Kier alpha value is -1.76. The van der Waals surface area contributed by atoms with Crippen LogP contribution in [0.1, 0.15) is 22.7 Å². The molecule has 0 saturated carbocycles. The summed E-state index contributed by atoms with van der Waals surface area (Å²) in [6.45, 7) is 1.89. The van der Waals surface area contributed by atoms with Crippen molar-refractivity contribution in [1.82, 2.24) is 5.32 Å². The fourth-order valence-electron chi connectivity index (χ4n) is 1.83. The van der Waals surface area contributed by atoms with Crippen LogP contribution in [0.3, 0.4) is 0 Å². The topological polar surface area (TPSA) is 58.6 Å². The van der Waals surface area contributed by atoms with Gasteiger partial charge in [0.15, 0.2) is 0 Å². The van der Waals surface area contributed by atoms with E-state index in [0.29, 0.717) is 16.7 Å². The molecule has 1 aromatic rings. The number of phenols is 1. The number of carbonyl (C=O) groups is 1. The van der Waals surface area contributed by atoms with Crippen LogP contribution in [0.15, 0.2) is 12.1 Å². The molecule has 0 saturated heterocycles. The van der Waals surface area contributed by atoms with Gasteiger partial charge in [-0.15, -0.1) is 0 Å². The Morgan fingerprint density at radius 1 is 1.35 bits per heavy atom. The Kier molecular flexibility index (Phi) is 4.99. The highest BCUT2D eigenvalue weighted by atomic mass is 19.4. The summed E-state index contributed by atoms with van der Waals surface area (Å²) in [4.78, 5) is 11.6. The number of methoxy groups -OCH3 is 1. The number of benzene rings is 1. The van der Waals surface area contributed by atoms with E-state index < -0.39 is 24.7 Å². The number of halogens is 3. The molecule has 0 aromatic heterocycles. The summed E-state index contributed by atoms with van der Waals surface area (Å²) >= 11 is 0. The molecule has 0 amide bonds. The van der Waals surface area contributed by atoms with Gasteiger partial charge in [-0.1, -0.05) is 12.1 Å². The lowest BCUT2D eigenvalue weighted by Gasteiger charge is -2.19. The van der Waals surface area contributed by atoms with Crippen LogP contribution in [0.25, 0.3) is 0 Å². The van der Waals surface area contributed by atoms with Gasteiger partial charge in [-0.05, 0) is 30.5 Å². The Morgan fingerprint density at radius 2 is 1.85 bits per heavy atom. The zero-order valence-electron chi connectivity index (χ0n) is 11.3. The maximum Gasteiger partial charge on any atom is 0.401 e. The molecule has 1 atom stereocenters. The number of carbonyl (C=O) groups excluding carboxylic acids is 1. The first-order chi connectivity index (χ1) is 9.15. The lowest BCUT2D eigenvalue weighted by atomic mass is 10.00. The highest BCUT2D eigenvalue weighted by Gasteiger charge is 2.31. The van der Waals surface area contributed by atoms with E-state index in [2.05, 4.69) is 10.1 Å². The third-order valence-electron chi connectivity index (χ3n) is 2.79. The lowest BCUT2D eigenvalue weighted by molar-refractivity contribution is -0.146. The molecule has 1 unspecified atom stereocenters. The van der Waals surface area contributed by atoms with Crippen molar-refractivity contribution in [1.29, 1.82) is 0 Å². The second-order valence-corrected chi connectivity index (χ2v) is 4.46. The summed E-state index contributed by atoms with van der Waals surface area (Å²) in [6, 6.07) is 1.67. The predicted molar refractivity (Wildman–Crippen MR) is 66.4 cm³/mol. The molecular weight excluding hydrogens is 275 g/mol. The standard InChI is InChI=1S/C13H16F3NO3/c1-7-4-9(5-8(2)11(7)18)10(12(19)20-3)17-6-13(14,15)16/h4-5,10,17-18H,6H2,1-3H3. The van der Waals surface area contributed by atoms with E-state index in [1.54, 1.807) is 13.8 Å². The van der Waals surface area contributed by atoms with Gasteiger partial charge in [0.1, 0.15) is 11.8 Å². The molecule has 112 valence electrons. The molecule has 0 fully saturated rings. The molecule has 20 heavy (non-hydrogen) atoms. The van der Waals surface area contributed by atoms with E-state index in [1.807, 2.05) is 0 Å². The fraction of sp³-hybridized carbons (Fsp3) is 0.462. The van der Waals surface area contributed by atoms with Gasteiger partial charge in [0.2, 0.25) is 0 Å². The van der Waals surface area contributed by atoms with E-state index >= 15 is 0 Å². The van der Waals surface area contributed by atoms with Gasteiger partial charge in [0.25, 0.3) is 0 Å². The third kappa shape index (κ3) is 4.12. The zero-order chi connectivity index (χ0) is 15.5. The van der Waals surface area contributed by atoms with Crippen LogP contribution in [0, 0.1) is 13.8 Å². The van der Waals surface area contributed by atoms with Gasteiger partial charge in [-0.25, -0.2) is 4.79 Å². The van der Waals surface area contributed by atoms with E-state index in [-0.39, 0.29) is 5.75 Å². The van der Waals surface area contributed by atoms with Crippen molar-refractivity contribution in [2.24, 2.45) is 0 Å². The van der Waals surface area contributed by atoms with Crippen LogP contribution in [0.4, 0.5) is 13.2 Å². The number of rotatable bonds is 4. The van der Waals surface area contributed by atoms with Crippen molar-refractivity contribution >= 4 is 5.97 Å². The minimum absolute atomic E-state index is 0.0492. The maximum atomic E-state index is 12.3. The zero-order valence-corrected chi connectivity index (χ0v) is 11.3. The molecular formula is C13H16F3NO3. The van der Waals surface area contributed by atoms with Crippen LogP contribution in [-0.2, 0) is 9.53 Å². The van der Waals surface area contributed by atoms with Gasteiger partial charge < -0.3 is 9.84 Å². The molecule has 1 aromatic carbocycles. The van der Waals surface area contributed by atoms with E-state index in [9.17, 15) is 23.1 Å².